The maximum atomic E-state index is 11.8. The summed E-state index contributed by atoms with van der Waals surface area (Å²) < 4.78 is 1.77. The number of rotatable bonds is 5. The van der Waals surface area contributed by atoms with Crippen LogP contribution in [-0.2, 0) is 11.3 Å². The van der Waals surface area contributed by atoms with E-state index in [1.54, 1.807) is 10.9 Å². The molecule has 0 bridgehead atoms. The van der Waals surface area contributed by atoms with Gasteiger partial charge < -0.3 is 10.6 Å². The fourth-order valence-electron chi connectivity index (χ4n) is 2.00. The van der Waals surface area contributed by atoms with Gasteiger partial charge in [0.2, 0.25) is 5.91 Å². The van der Waals surface area contributed by atoms with E-state index in [1.165, 1.54) is 6.42 Å². The van der Waals surface area contributed by atoms with E-state index in [9.17, 15) is 4.79 Å². The van der Waals surface area contributed by atoms with E-state index in [-0.39, 0.29) is 11.9 Å². The van der Waals surface area contributed by atoms with Crippen molar-refractivity contribution in [2.45, 2.75) is 38.3 Å². The highest BCUT2D eigenvalue weighted by Crippen LogP contribution is 2.06. The minimum absolute atomic E-state index is 0.00937. The molecule has 1 fully saturated rings. The lowest BCUT2D eigenvalue weighted by Crippen LogP contribution is -2.46. The van der Waals surface area contributed by atoms with Crippen molar-refractivity contribution in [3.05, 3.63) is 12.4 Å². The summed E-state index contributed by atoms with van der Waals surface area (Å²) in [6.45, 7) is 2.44. The van der Waals surface area contributed by atoms with Crippen molar-refractivity contribution in [2.24, 2.45) is 0 Å². The normalized spacial score (nSPS) is 20.1. The van der Waals surface area contributed by atoms with Gasteiger partial charge in [0.15, 0.2) is 0 Å². The zero-order chi connectivity index (χ0) is 11.9. The molecule has 2 heterocycles. The summed E-state index contributed by atoms with van der Waals surface area (Å²) in [5, 5.41) is 13.8. The number of hydrogen-bond donors (Lipinski definition) is 2. The lowest BCUT2D eigenvalue weighted by atomic mass is 10.0. The van der Waals surface area contributed by atoms with E-state index in [0.717, 1.165) is 32.4 Å². The van der Waals surface area contributed by atoms with Gasteiger partial charge in [-0.3, -0.25) is 9.48 Å². The fourth-order valence-corrected chi connectivity index (χ4v) is 2.00. The van der Waals surface area contributed by atoms with Crippen LogP contribution in [0.1, 0.15) is 25.7 Å². The molecule has 0 radical (unpaired) electrons. The number of aryl methyl sites for hydroxylation is 1. The smallest absolute Gasteiger partial charge is 0.237 e. The van der Waals surface area contributed by atoms with Gasteiger partial charge in [0.1, 0.15) is 0 Å². The third-order valence-corrected chi connectivity index (χ3v) is 2.96. The largest absolute Gasteiger partial charge is 0.355 e. The van der Waals surface area contributed by atoms with Crippen LogP contribution in [0.25, 0.3) is 0 Å². The number of hydrogen-bond acceptors (Lipinski definition) is 4. The van der Waals surface area contributed by atoms with E-state index >= 15 is 0 Å². The Labute approximate surface area is 101 Å². The van der Waals surface area contributed by atoms with Gasteiger partial charge >= 0.3 is 0 Å². The van der Waals surface area contributed by atoms with E-state index < -0.39 is 0 Å². The average Bonchev–Trinajstić information content (AvgIpc) is 2.88. The third-order valence-electron chi connectivity index (χ3n) is 2.96. The number of aromatic nitrogens is 3. The van der Waals surface area contributed by atoms with Crippen LogP contribution < -0.4 is 10.6 Å². The molecule has 94 valence electrons. The lowest BCUT2D eigenvalue weighted by molar-refractivity contribution is -0.123. The van der Waals surface area contributed by atoms with Gasteiger partial charge in [0.25, 0.3) is 0 Å². The number of nitrogens with one attached hydrogen (secondary N) is 2. The van der Waals surface area contributed by atoms with Gasteiger partial charge in [-0.1, -0.05) is 11.6 Å². The molecule has 1 atom stereocenters. The van der Waals surface area contributed by atoms with Crippen molar-refractivity contribution >= 4 is 5.91 Å². The molecule has 2 rings (SSSR count). The molecule has 1 aliphatic rings. The summed E-state index contributed by atoms with van der Waals surface area (Å²) in [5.41, 5.74) is 0. The molecule has 1 aromatic heterocycles. The fraction of sp³-hybridized carbons (Fsp3) is 0.727. The molecule has 0 aromatic carbocycles. The molecular formula is C11H19N5O. The first-order valence-corrected chi connectivity index (χ1v) is 6.21. The molecule has 0 spiro atoms. The Balaban J connectivity index is 1.59. The molecule has 6 heteroatoms. The highest BCUT2D eigenvalue weighted by molar-refractivity contribution is 5.81. The highest BCUT2D eigenvalue weighted by atomic mass is 16.2. The second kappa shape index (κ2) is 6.34. The molecule has 2 N–H and O–H groups in total. The summed E-state index contributed by atoms with van der Waals surface area (Å²) in [6, 6.07) is 0.00937. The van der Waals surface area contributed by atoms with Crippen LogP contribution in [0.3, 0.4) is 0 Å². The number of amides is 1. The Bertz CT molecular complexity index is 332. The van der Waals surface area contributed by atoms with Gasteiger partial charge in [-0.15, -0.1) is 5.10 Å². The van der Waals surface area contributed by atoms with Crippen LogP contribution in [0.5, 0.6) is 0 Å². The van der Waals surface area contributed by atoms with Crippen LogP contribution in [-0.4, -0.2) is 40.0 Å². The Morgan fingerprint density at radius 1 is 1.53 bits per heavy atom. The van der Waals surface area contributed by atoms with E-state index in [2.05, 4.69) is 20.9 Å². The van der Waals surface area contributed by atoms with Crippen LogP contribution >= 0.6 is 0 Å². The Morgan fingerprint density at radius 3 is 3.18 bits per heavy atom. The molecule has 0 unspecified atom stereocenters. The van der Waals surface area contributed by atoms with Gasteiger partial charge in [-0.25, -0.2) is 0 Å². The van der Waals surface area contributed by atoms with Crippen molar-refractivity contribution in [3.63, 3.8) is 0 Å². The molecule has 0 saturated carbocycles. The first kappa shape index (κ1) is 12.0. The van der Waals surface area contributed by atoms with Gasteiger partial charge in [0.05, 0.1) is 12.2 Å². The summed E-state index contributed by atoms with van der Waals surface area (Å²) in [7, 11) is 0. The minimum atomic E-state index is 0.00937. The van der Waals surface area contributed by atoms with Crippen molar-refractivity contribution in [3.8, 4) is 0 Å². The maximum absolute atomic E-state index is 11.8. The average molecular weight is 237 g/mol. The molecule has 1 amide bonds. The Hall–Kier alpha value is -1.43. The SMILES string of the molecule is O=C(NCCCn1ccnn1)[C@@H]1CCCCN1. The van der Waals surface area contributed by atoms with Gasteiger partial charge in [0, 0.05) is 19.3 Å². The highest BCUT2D eigenvalue weighted by Gasteiger charge is 2.19. The van der Waals surface area contributed by atoms with E-state index in [4.69, 9.17) is 0 Å². The maximum Gasteiger partial charge on any atom is 0.237 e. The second-order valence-electron chi connectivity index (χ2n) is 4.31. The monoisotopic (exact) mass is 237 g/mol. The van der Waals surface area contributed by atoms with Gasteiger partial charge in [-0.05, 0) is 25.8 Å². The molecule has 17 heavy (non-hydrogen) atoms. The van der Waals surface area contributed by atoms with Crippen LogP contribution in [0.15, 0.2) is 12.4 Å². The van der Waals surface area contributed by atoms with Crippen molar-refractivity contribution in [1.82, 2.24) is 25.6 Å². The second-order valence-corrected chi connectivity index (χ2v) is 4.31. The number of carbonyl (C=O) groups excluding carboxylic acids is 1. The van der Waals surface area contributed by atoms with Crippen LogP contribution in [0.4, 0.5) is 0 Å². The Kier molecular flexibility index (Phi) is 4.49. The lowest BCUT2D eigenvalue weighted by Gasteiger charge is -2.22. The minimum Gasteiger partial charge on any atom is -0.355 e. The predicted molar refractivity (Wildman–Crippen MR) is 63.3 cm³/mol. The first-order valence-electron chi connectivity index (χ1n) is 6.21. The van der Waals surface area contributed by atoms with Crippen molar-refractivity contribution in [1.29, 1.82) is 0 Å². The van der Waals surface area contributed by atoms with Crippen LogP contribution in [0, 0.1) is 0 Å². The molecule has 1 aliphatic heterocycles. The zero-order valence-corrected chi connectivity index (χ0v) is 9.93. The van der Waals surface area contributed by atoms with Crippen molar-refractivity contribution < 1.29 is 4.79 Å². The van der Waals surface area contributed by atoms with Crippen molar-refractivity contribution in [2.75, 3.05) is 13.1 Å². The molecule has 1 aromatic rings. The predicted octanol–water partition coefficient (Wildman–Crippen LogP) is -0.0735. The summed E-state index contributed by atoms with van der Waals surface area (Å²) in [5.74, 6) is 0.128. The zero-order valence-electron chi connectivity index (χ0n) is 9.93. The first-order chi connectivity index (χ1) is 8.36. The number of carbonyl (C=O) groups is 1. The summed E-state index contributed by atoms with van der Waals surface area (Å²) in [6.07, 6.45) is 7.63. The Morgan fingerprint density at radius 2 is 2.47 bits per heavy atom. The standard InChI is InChI=1S/C11H19N5O/c17-11(10-4-1-2-5-12-10)13-6-3-8-16-9-7-14-15-16/h7,9-10,12H,1-6,8H2,(H,13,17)/t10-/m0/s1. The number of piperidine rings is 1. The molecule has 0 aliphatic carbocycles. The molecular weight excluding hydrogens is 218 g/mol. The van der Waals surface area contributed by atoms with E-state index in [1.807, 2.05) is 6.20 Å². The van der Waals surface area contributed by atoms with Crippen LogP contribution in [0.2, 0.25) is 0 Å². The third kappa shape index (κ3) is 3.81. The van der Waals surface area contributed by atoms with Gasteiger partial charge in [-0.2, -0.15) is 0 Å². The molecule has 1 saturated heterocycles. The summed E-state index contributed by atoms with van der Waals surface area (Å²) >= 11 is 0. The topological polar surface area (TPSA) is 71.8 Å². The molecule has 6 nitrogen and oxygen atoms in total. The summed E-state index contributed by atoms with van der Waals surface area (Å²) in [4.78, 5) is 11.8. The van der Waals surface area contributed by atoms with E-state index in [0.29, 0.717) is 6.54 Å². The number of nitrogens with zero attached hydrogens (tertiary/aromatic N) is 3. The quantitative estimate of drug-likeness (QED) is 0.703.